The van der Waals surface area contributed by atoms with Crippen molar-refractivity contribution in [3.63, 3.8) is 0 Å². The molecule has 1 aromatic rings. The summed E-state index contributed by atoms with van der Waals surface area (Å²) in [7, 11) is 1.68. The van der Waals surface area contributed by atoms with Crippen LogP contribution in [0, 0.1) is 0 Å². The van der Waals surface area contributed by atoms with Crippen molar-refractivity contribution < 1.29 is 9.21 Å². The highest BCUT2D eigenvalue weighted by molar-refractivity contribution is 14.0. The van der Waals surface area contributed by atoms with Crippen molar-refractivity contribution in [2.45, 2.75) is 32.9 Å². The first-order valence-electron chi connectivity index (χ1n) is 6.42. The van der Waals surface area contributed by atoms with Crippen molar-refractivity contribution in [3.05, 3.63) is 24.2 Å². The first-order valence-corrected chi connectivity index (χ1v) is 6.42. The number of rotatable bonds is 6. The molecule has 0 aromatic carbocycles. The van der Waals surface area contributed by atoms with E-state index in [1.807, 2.05) is 6.07 Å². The van der Waals surface area contributed by atoms with Crippen molar-refractivity contribution in [1.29, 1.82) is 0 Å². The highest BCUT2D eigenvalue weighted by Crippen LogP contribution is 1.97. The van der Waals surface area contributed by atoms with E-state index in [0.717, 1.165) is 12.2 Å². The molecule has 3 N–H and O–H groups in total. The molecule has 0 radical (unpaired) electrons. The molecule has 1 aromatic heterocycles. The second-order valence-electron chi connectivity index (χ2n) is 4.24. The molecule has 1 unspecified atom stereocenters. The van der Waals surface area contributed by atoms with Crippen LogP contribution in [0.25, 0.3) is 0 Å². The van der Waals surface area contributed by atoms with Crippen LogP contribution in [0.2, 0.25) is 0 Å². The van der Waals surface area contributed by atoms with E-state index in [1.165, 1.54) is 0 Å². The average molecular weight is 394 g/mol. The molecule has 1 heterocycles. The number of nitrogens with zero attached hydrogens (tertiary/aromatic N) is 1. The zero-order valence-corrected chi connectivity index (χ0v) is 14.4. The lowest BCUT2D eigenvalue weighted by Crippen LogP contribution is -2.45. The first-order chi connectivity index (χ1) is 9.15. The van der Waals surface area contributed by atoms with Gasteiger partial charge >= 0.3 is 0 Å². The fourth-order valence-electron chi connectivity index (χ4n) is 1.36. The zero-order chi connectivity index (χ0) is 14.1. The van der Waals surface area contributed by atoms with Gasteiger partial charge in [-0.15, -0.1) is 24.0 Å². The Morgan fingerprint density at radius 3 is 2.75 bits per heavy atom. The molecule has 0 saturated carbocycles. The summed E-state index contributed by atoms with van der Waals surface area (Å²) >= 11 is 0. The van der Waals surface area contributed by atoms with Gasteiger partial charge in [0.15, 0.2) is 5.96 Å². The Kier molecular flexibility index (Phi) is 9.87. The molecule has 20 heavy (non-hydrogen) atoms. The molecule has 0 saturated heterocycles. The van der Waals surface area contributed by atoms with Crippen LogP contribution in [-0.4, -0.2) is 31.5 Å². The van der Waals surface area contributed by atoms with Crippen molar-refractivity contribution >= 4 is 35.8 Å². The summed E-state index contributed by atoms with van der Waals surface area (Å²) < 4.78 is 5.13. The summed E-state index contributed by atoms with van der Waals surface area (Å²) in [6.07, 6.45) is 2.57. The number of aliphatic imine (C=N–C) groups is 1. The third-order valence-corrected chi connectivity index (χ3v) is 2.68. The van der Waals surface area contributed by atoms with Gasteiger partial charge in [-0.25, -0.2) is 0 Å². The molecule has 0 fully saturated rings. The number of guanidine groups is 1. The maximum Gasteiger partial charge on any atom is 0.239 e. The summed E-state index contributed by atoms with van der Waals surface area (Å²) in [4.78, 5) is 15.7. The van der Waals surface area contributed by atoms with Crippen molar-refractivity contribution in [2.75, 3.05) is 13.6 Å². The van der Waals surface area contributed by atoms with Gasteiger partial charge in [-0.05, 0) is 25.5 Å². The lowest BCUT2D eigenvalue weighted by Gasteiger charge is -2.16. The smallest absolute Gasteiger partial charge is 0.239 e. The number of amides is 1. The summed E-state index contributed by atoms with van der Waals surface area (Å²) in [6, 6.07) is 3.92. The monoisotopic (exact) mass is 394 g/mol. The Morgan fingerprint density at radius 2 is 2.20 bits per heavy atom. The van der Waals surface area contributed by atoms with E-state index >= 15 is 0 Å². The third kappa shape index (κ3) is 7.37. The lowest BCUT2D eigenvalue weighted by atomic mass is 10.3. The third-order valence-electron chi connectivity index (χ3n) is 2.68. The van der Waals surface area contributed by atoms with E-state index in [9.17, 15) is 4.79 Å². The summed E-state index contributed by atoms with van der Waals surface area (Å²) in [5, 5.41) is 8.90. The lowest BCUT2D eigenvalue weighted by molar-refractivity contribution is -0.120. The SMILES string of the molecule is CCC(C)NC(=NC)NCC(=O)NCc1ccco1.I. The Bertz CT molecular complexity index is 407. The number of nitrogens with one attached hydrogen (secondary N) is 3. The van der Waals surface area contributed by atoms with E-state index in [2.05, 4.69) is 34.8 Å². The minimum atomic E-state index is -0.108. The van der Waals surface area contributed by atoms with Gasteiger partial charge in [0.1, 0.15) is 5.76 Å². The van der Waals surface area contributed by atoms with Crippen molar-refractivity contribution in [1.82, 2.24) is 16.0 Å². The van der Waals surface area contributed by atoms with Crippen molar-refractivity contribution in [2.24, 2.45) is 4.99 Å². The standard InChI is InChI=1S/C13H22N4O2.HI/c1-4-10(2)17-13(14-3)16-9-12(18)15-8-11-6-5-7-19-11;/h5-7,10H,4,8-9H2,1-3H3,(H,15,18)(H2,14,16,17);1H. The Balaban J connectivity index is 0.00000361. The molecular formula is C13H23IN4O2. The molecule has 1 rings (SSSR count). The molecule has 0 aliphatic rings. The molecule has 0 aliphatic carbocycles. The Morgan fingerprint density at radius 1 is 1.45 bits per heavy atom. The van der Waals surface area contributed by atoms with Gasteiger partial charge in [-0.3, -0.25) is 9.79 Å². The minimum Gasteiger partial charge on any atom is -0.467 e. The second kappa shape index (κ2) is 10.5. The van der Waals surface area contributed by atoms with E-state index in [0.29, 0.717) is 18.5 Å². The number of hydrogen-bond donors (Lipinski definition) is 3. The van der Waals surface area contributed by atoms with Gasteiger partial charge in [0, 0.05) is 13.1 Å². The van der Waals surface area contributed by atoms with E-state index in [-0.39, 0.29) is 36.4 Å². The number of halogens is 1. The van der Waals surface area contributed by atoms with E-state index in [4.69, 9.17) is 4.42 Å². The van der Waals surface area contributed by atoms with Crippen LogP contribution >= 0.6 is 24.0 Å². The molecular weight excluding hydrogens is 371 g/mol. The molecule has 1 amide bonds. The predicted octanol–water partition coefficient (Wildman–Crippen LogP) is 1.48. The zero-order valence-electron chi connectivity index (χ0n) is 12.1. The molecule has 0 aliphatic heterocycles. The summed E-state index contributed by atoms with van der Waals surface area (Å²) in [6.45, 7) is 4.71. The Labute approximate surface area is 136 Å². The van der Waals surface area contributed by atoms with E-state index in [1.54, 1.807) is 19.4 Å². The highest BCUT2D eigenvalue weighted by atomic mass is 127. The normalized spacial score (nSPS) is 12.2. The number of hydrogen-bond acceptors (Lipinski definition) is 3. The maximum atomic E-state index is 11.6. The van der Waals surface area contributed by atoms with E-state index < -0.39 is 0 Å². The number of furan rings is 1. The van der Waals surface area contributed by atoms with Crippen LogP contribution in [0.3, 0.4) is 0 Å². The topological polar surface area (TPSA) is 78.7 Å². The van der Waals surface area contributed by atoms with Crippen LogP contribution in [-0.2, 0) is 11.3 Å². The fraction of sp³-hybridized carbons (Fsp3) is 0.538. The van der Waals surface area contributed by atoms with Gasteiger partial charge < -0.3 is 20.4 Å². The van der Waals surface area contributed by atoms with Crippen LogP contribution in [0.4, 0.5) is 0 Å². The molecule has 6 nitrogen and oxygen atoms in total. The van der Waals surface area contributed by atoms with Crippen LogP contribution in [0.1, 0.15) is 26.0 Å². The largest absolute Gasteiger partial charge is 0.467 e. The molecule has 0 bridgehead atoms. The summed E-state index contributed by atoms with van der Waals surface area (Å²) in [5.41, 5.74) is 0. The Hall–Kier alpha value is -1.25. The quantitative estimate of drug-likeness (QED) is 0.388. The fourth-order valence-corrected chi connectivity index (χ4v) is 1.36. The van der Waals surface area contributed by atoms with Gasteiger partial charge in [0.2, 0.25) is 5.91 Å². The average Bonchev–Trinajstić information content (AvgIpc) is 2.93. The second-order valence-corrected chi connectivity index (χ2v) is 4.24. The predicted molar refractivity (Wildman–Crippen MR) is 90.2 cm³/mol. The molecule has 1 atom stereocenters. The molecule has 0 spiro atoms. The molecule has 7 heteroatoms. The van der Waals surface area contributed by atoms with Gasteiger partial charge in [0.25, 0.3) is 0 Å². The highest BCUT2D eigenvalue weighted by Gasteiger charge is 2.06. The first kappa shape index (κ1) is 18.8. The van der Waals surface area contributed by atoms with Crippen LogP contribution in [0.15, 0.2) is 27.8 Å². The van der Waals surface area contributed by atoms with Gasteiger partial charge in [-0.1, -0.05) is 6.92 Å². The van der Waals surface area contributed by atoms with Crippen LogP contribution < -0.4 is 16.0 Å². The van der Waals surface area contributed by atoms with Gasteiger partial charge in [-0.2, -0.15) is 0 Å². The minimum absolute atomic E-state index is 0. The maximum absolute atomic E-state index is 11.6. The number of carbonyl (C=O) groups excluding carboxylic acids is 1. The number of carbonyl (C=O) groups is 1. The van der Waals surface area contributed by atoms with Gasteiger partial charge in [0.05, 0.1) is 19.4 Å². The van der Waals surface area contributed by atoms with Crippen molar-refractivity contribution in [3.8, 4) is 0 Å². The summed E-state index contributed by atoms with van der Waals surface area (Å²) in [5.74, 6) is 1.25. The van der Waals surface area contributed by atoms with Crippen LogP contribution in [0.5, 0.6) is 0 Å². The molecule has 114 valence electrons.